The molecule has 7 heteroatoms. The maximum absolute atomic E-state index is 13.3. The van der Waals surface area contributed by atoms with Crippen LogP contribution in [0.2, 0.25) is 0 Å². The molecule has 1 N–H and O–H groups in total. The molecule has 0 aliphatic heterocycles. The van der Waals surface area contributed by atoms with Crippen molar-refractivity contribution in [3.63, 3.8) is 0 Å². The number of hydrogen-bond acceptors (Lipinski definition) is 4. The van der Waals surface area contributed by atoms with Crippen molar-refractivity contribution in [2.75, 3.05) is 19.4 Å². The Morgan fingerprint density at radius 3 is 1.46 bits per heavy atom. The summed E-state index contributed by atoms with van der Waals surface area (Å²) < 4.78 is 32.1. The molecule has 0 aliphatic carbocycles. The number of rotatable bonds is 7. The largest absolute Gasteiger partial charge is 0.428 e. The average molecular weight is 487 g/mol. The molecule has 178 valence electrons. The van der Waals surface area contributed by atoms with Gasteiger partial charge in [0.2, 0.25) is 10.0 Å². The summed E-state index contributed by atoms with van der Waals surface area (Å²) in [6.45, 7) is 0. The Bertz CT molecular complexity index is 1280. The molecule has 0 atom stereocenters. The third-order valence-corrected chi connectivity index (χ3v) is 7.50. The van der Waals surface area contributed by atoms with E-state index in [0.717, 1.165) is 21.0 Å². The Kier molecular flexibility index (Phi) is 7.00. The zero-order valence-electron chi connectivity index (χ0n) is 19.5. The first kappa shape index (κ1) is 24.2. The molecule has 0 heterocycles. The summed E-state index contributed by atoms with van der Waals surface area (Å²) in [5.41, 5.74) is 1.58. The summed E-state index contributed by atoms with van der Waals surface area (Å²) in [5.74, 6) is 0. The lowest BCUT2D eigenvalue weighted by molar-refractivity contribution is 0.0786. The number of nitrogens with one attached hydrogen (secondary N) is 1. The highest BCUT2D eigenvalue weighted by Crippen LogP contribution is 2.40. The molecule has 0 aliphatic rings. The van der Waals surface area contributed by atoms with Gasteiger partial charge in [-0.05, 0) is 24.3 Å². The molecular weight excluding hydrogens is 460 g/mol. The van der Waals surface area contributed by atoms with Crippen LogP contribution in [-0.2, 0) is 20.4 Å². The Morgan fingerprint density at radius 2 is 1.09 bits per heavy atom. The predicted octanol–water partition coefficient (Wildman–Crippen LogP) is 5.48. The molecule has 4 rings (SSSR count). The third kappa shape index (κ3) is 4.96. The monoisotopic (exact) mass is 486 g/mol. The van der Waals surface area contributed by atoms with E-state index in [0.29, 0.717) is 5.69 Å². The van der Waals surface area contributed by atoms with Crippen LogP contribution in [0.15, 0.2) is 120 Å². The summed E-state index contributed by atoms with van der Waals surface area (Å²) >= 11 is 0. The number of carbonyl (C=O) groups is 1. The zero-order chi connectivity index (χ0) is 24.9. The van der Waals surface area contributed by atoms with Crippen molar-refractivity contribution in [2.24, 2.45) is 0 Å². The molecule has 0 saturated carbocycles. The Morgan fingerprint density at radius 1 is 0.686 bits per heavy atom. The number of hydrogen-bond donors (Lipinski definition) is 1. The smallest absolute Gasteiger partial charge is 0.413 e. The van der Waals surface area contributed by atoms with Crippen molar-refractivity contribution in [1.82, 2.24) is 4.31 Å². The number of amides is 1. The molecule has 0 radical (unpaired) electrons. The van der Waals surface area contributed by atoms with E-state index in [2.05, 4.69) is 5.32 Å². The van der Waals surface area contributed by atoms with Crippen LogP contribution < -0.4 is 5.32 Å². The van der Waals surface area contributed by atoms with Crippen molar-refractivity contribution in [1.29, 1.82) is 0 Å². The van der Waals surface area contributed by atoms with Crippen molar-refractivity contribution < 1.29 is 17.9 Å². The van der Waals surface area contributed by atoms with Gasteiger partial charge in [-0.3, -0.25) is 5.32 Å². The molecule has 4 aromatic rings. The van der Waals surface area contributed by atoms with E-state index in [1.54, 1.807) is 0 Å². The Hall–Kier alpha value is -3.94. The molecule has 6 nitrogen and oxygen atoms in total. The van der Waals surface area contributed by atoms with E-state index in [1.807, 2.05) is 91.0 Å². The quantitative estimate of drug-likeness (QED) is 0.351. The van der Waals surface area contributed by atoms with Crippen LogP contribution in [0.5, 0.6) is 0 Å². The first-order chi connectivity index (χ1) is 16.8. The summed E-state index contributed by atoms with van der Waals surface area (Å²) in [6.07, 6.45) is -0.676. The van der Waals surface area contributed by atoms with E-state index in [1.165, 1.54) is 38.4 Å². The summed E-state index contributed by atoms with van der Waals surface area (Å²) in [4.78, 5) is 13.4. The molecular formula is C28H26N2O4S. The minimum atomic E-state index is -3.57. The highest BCUT2D eigenvalue weighted by molar-refractivity contribution is 7.89. The van der Waals surface area contributed by atoms with Crippen molar-refractivity contribution in [3.05, 3.63) is 132 Å². The molecule has 1 amide bonds. The summed E-state index contributed by atoms with van der Waals surface area (Å²) in [5, 5.41) is 2.74. The fourth-order valence-corrected chi connectivity index (χ4v) is 4.80. The minimum absolute atomic E-state index is 0.133. The lowest BCUT2D eigenvalue weighted by atomic mass is 9.80. The molecule has 35 heavy (non-hydrogen) atoms. The highest BCUT2D eigenvalue weighted by Gasteiger charge is 2.40. The second kappa shape index (κ2) is 10.1. The average Bonchev–Trinajstić information content (AvgIpc) is 2.89. The van der Waals surface area contributed by atoms with Gasteiger partial charge in [0.05, 0.1) is 4.90 Å². The maximum Gasteiger partial charge on any atom is 0.413 e. The second-order valence-electron chi connectivity index (χ2n) is 8.11. The molecule has 0 spiro atoms. The van der Waals surface area contributed by atoms with Gasteiger partial charge >= 0.3 is 6.09 Å². The SMILES string of the molecule is CN(C)S(=O)(=O)c1ccc(NC(=O)OC(c2ccccc2)(c2ccccc2)c2ccccc2)cc1. The number of nitrogens with zero attached hydrogens (tertiary/aromatic N) is 1. The van der Waals surface area contributed by atoms with Gasteiger partial charge in [-0.25, -0.2) is 17.5 Å². The number of carbonyl (C=O) groups excluding carboxylic acids is 1. The number of anilines is 1. The Labute approximate surface area is 205 Å². The van der Waals surface area contributed by atoms with E-state index in [9.17, 15) is 13.2 Å². The molecule has 0 bridgehead atoms. The molecule has 4 aromatic carbocycles. The van der Waals surface area contributed by atoms with Gasteiger partial charge in [0.15, 0.2) is 5.60 Å². The van der Waals surface area contributed by atoms with Crippen molar-refractivity contribution in [3.8, 4) is 0 Å². The maximum atomic E-state index is 13.3. The van der Waals surface area contributed by atoms with Crippen LogP contribution in [0.3, 0.4) is 0 Å². The van der Waals surface area contributed by atoms with E-state index < -0.39 is 21.7 Å². The first-order valence-corrected chi connectivity index (χ1v) is 12.5. The topological polar surface area (TPSA) is 75.7 Å². The van der Waals surface area contributed by atoms with Gasteiger partial charge in [0.25, 0.3) is 0 Å². The van der Waals surface area contributed by atoms with Gasteiger partial charge in [-0.15, -0.1) is 0 Å². The number of benzene rings is 4. The van der Waals surface area contributed by atoms with Crippen LogP contribution in [0, 0.1) is 0 Å². The summed E-state index contributed by atoms with van der Waals surface area (Å²) in [7, 11) is -0.635. The standard InChI is InChI=1S/C28H26N2O4S/c1-30(2)35(32,33)26-20-18-25(19-21-26)29-27(31)34-28(22-12-6-3-7-13-22,23-14-8-4-9-15-23)24-16-10-5-11-17-24/h3-21H,1-2H3,(H,29,31). The molecule has 0 unspecified atom stereocenters. The Balaban J connectivity index is 1.72. The summed E-state index contributed by atoms with van der Waals surface area (Å²) in [6, 6.07) is 34.7. The third-order valence-electron chi connectivity index (χ3n) is 5.67. The van der Waals surface area contributed by atoms with E-state index >= 15 is 0 Å². The van der Waals surface area contributed by atoms with Crippen molar-refractivity contribution >= 4 is 21.8 Å². The second-order valence-corrected chi connectivity index (χ2v) is 10.3. The van der Waals surface area contributed by atoms with Gasteiger partial charge in [-0.2, -0.15) is 0 Å². The fourth-order valence-electron chi connectivity index (χ4n) is 3.90. The van der Waals surface area contributed by atoms with Crippen LogP contribution in [0.4, 0.5) is 10.5 Å². The van der Waals surface area contributed by atoms with Gasteiger partial charge < -0.3 is 4.74 Å². The van der Waals surface area contributed by atoms with Crippen molar-refractivity contribution in [2.45, 2.75) is 10.5 Å². The lowest BCUT2D eigenvalue weighted by Crippen LogP contribution is -2.36. The molecule has 0 saturated heterocycles. The van der Waals surface area contributed by atoms with Gasteiger partial charge in [0, 0.05) is 36.5 Å². The number of ether oxygens (including phenoxy) is 1. The fraction of sp³-hybridized carbons (Fsp3) is 0.107. The minimum Gasteiger partial charge on any atom is -0.428 e. The van der Waals surface area contributed by atoms with E-state index in [-0.39, 0.29) is 4.90 Å². The first-order valence-electron chi connectivity index (χ1n) is 11.0. The highest BCUT2D eigenvalue weighted by atomic mass is 32.2. The molecule has 0 fully saturated rings. The number of sulfonamides is 1. The van der Waals surface area contributed by atoms with Gasteiger partial charge in [0.1, 0.15) is 0 Å². The van der Waals surface area contributed by atoms with Crippen LogP contribution in [-0.4, -0.2) is 32.9 Å². The van der Waals surface area contributed by atoms with Crippen LogP contribution >= 0.6 is 0 Å². The van der Waals surface area contributed by atoms with E-state index in [4.69, 9.17) is 4.74 Å². The molecule has 0 aromatic heterocycles. The lowest BCUT2D eigenvalue weighted by Gasteiger charge is -2.35. The normalized spacial score (nSPS) is 11.7. The van der Waals surface area contributed by atoms with Crippen LogP contribution in [0.1, 0.15) is 16.7 Å². The zero-order valence-corrected chi connectivity index (χ0v) is 20.3. The predicted molar refractivity (Wildman–Crippen MR) is 137 cm³/mol. The van der Waals surface area contributed by atoms with Gasteiger partial charge in [-0.1, -0.05) is 91.0 Å². The van der Waals surface area contributed by atoms with Crippen LogP contribution in [0.25, 0.3) is 0 Å².